The molecule has 0 fully saturated rings. The van der Waals surface area contributed by atoms with Gasteiger partial charge in [-0.05, 0) is 36.1 Å². The number of rotatable bonds is 7. The van der Waals surface area contributed by atoms with Crippen molar-refractivity contribution in [1.82, 2.24) is 15.2 Å². The summed E-state index contributed by atoms with van der Waals surface area (Å²) < 4.78 is 5.43. The lowest BCUT2D eigenvalue weighted by atomic mass is 10.1. The topological polar surface area (TPSA) is 94.1 Å². The normalized spacial score (nSPS) is 10.5. The Morgan fingerprint density at radius 1 is 1.18 bits per heavy atom. The fraction of sp³-hybridized carbons (Fsp3) is 0.167. The first-order valence-corrected chi connectivity index (χ1v) is 11.1. The minimum Gasteiger partial charge on any atom is -0.465 e. The Morgan fingerprint density at radius 3 is 2.68 bits per heavy atom. The average Bonchev–Trinajstić information content (AvgIpc) is 3.19. The third-order valence-electron chi connectivity index (χ3n) is 3.57. The highest BCUT2D eigenvalue weighted by Crippen LogP contribution is 2.29. The minimum absolute atomic E-state index is 0.261. The van der Waals surface area contributed by atoms with E-state index < -0.39 is 0 Å². The van der Waals surface area contributed by atoms with Gasteiger partial charge in [0.2, 0.25) is 5.13 Å². The molecule has 1 N–H and O–H groups in total. The van der Waals surface area contributed by atoms with Crippen LogP contribution in [0.3, 0.4) is 0 Å². The Labute approximate surface area is 174 Å². The van der Waals surface area contributed by atoms with E-state index in [9.17, 15) is 9.59 Å². The Kier molecular flexibility index (Phi) is 7.01. The molecule has 0 radical (unpaired) electrons. The van der Waals surface area contributed by atoms with Crippen LogP contribution in [0.4, 0.5) is 5.13 Å². The summed E-state index contributed by atoms with van der Waals surface area (Å²) in [6, 6.07) is 10.6. The average molecular weight is 433 g/mol. The predicted molar refractivity (Wildman–Crippen MR) is 111 cm³/mol. The number of carbonyl (C=O) groups excluding carboxylic acids is 2. The number of benzene rings is 1. The van der Waals surface area contributed by atoms with Gasteiger partial charge in [-0.2, -0.15) is 0 Å². The predicted octanol–water partition coefficient (Wildman–Crippen LogP) is 3.99. The minimum atomic E-state index is -0.359. The Bertz CT molecular complexity index is 976. The SMILES string of the molecule is COC(=O)c1ccc(CSc2nnc(NC(=O)c3cccnc3SC)s2)cc1. The molecule has 28 heavy (non-hydrogen) atoms. The Morgan fingerprint density at radius 2 is 1.96 bits per heavy atom. The number of esters is 1. The van der Waals surface area contributed by atoms with E-state index in [-0.39, 0.29) is 11.9 Å². The number of aromatic nitrogens is 3. The molecule has 2 heterocycles. The van der Waals surface area contributed by atoms with E-state index in [1.54, 1.807) is 30.5 Å². The van der Waals surface area contributed by atoms with Gasteiger partial charge >= 0.3 is 5.97 Å². The van der Waals surface area contributed by atoms with Crippen molar-refractivity contribution in [1.29, 1.82) is 0 Å². The van der Waals surface area contributed by atoms with Gasteiger partial charge in [0.25, 0.3) is 5.91 Å². The van der Waals surface area contributed by atoms with Crippen molar-refractivity contribution in [2.75, 3.05) is 18.7 Å². The van der Waals surface area contributed by atoms with Crippen LogP contribution in [0.25, 0.3) is 0 Å². The van der Waals surface area contributed by atoms with Crippen molar-refractivity contribution in [2.45, 2.75) is 15.1 Å². The molecule has 3 rings (SSSR count). The van der Waals surface area contributed by atoms with Gasteiger partial charge < -0.3 is 4.74 Å². The molecule has 3 aromatic rings. The highest BCUT2D eigenvalue weighted by atomic mass is 32.2. The molecule has 144 valence electrons. The van der Waals surface area contributed by atoms with Crippen LogP contribution in [0, 0.1) is 0 Å². The van der Waals surface area contributed by atoms with Crippen molar-refractivity contribution < 1.29 is 14.3 Å². The third kappa shape index (κ3) is 5.09. The van der Waals surface area contributed by atoms with Crippen molar-refractivity contribution in [3.63, 3.8) is 0 Å². The van der Waals surface area contributed by atoms with Crippen LogP contribution in [-0.4, -0.2) is 40.4 Å². The van der Waals surface area contributed by atoms with Crippen LogP contribution in [0.2, 0.25) is 0 Å². The zero-order chi connectivity index (χ0) is 19.9. The fourth-order valence-corrected chi connectivity index (χ4v) is 4.46. The van der Waals surface area contributed by atoms with Crippen molar-refractivity contribution in [3.05, 3.63) is 59.3 Å². The number of amides is 1. The molecule has 0 saturated carbocycles. The largest absolute Gasteiger partial charge is 0.465 e. The molecule has 0 atom stereocenters. The molecule has 0 spiro atoms. The Hall–Kier alpha value is -2.43. The lowest BCUT2D eigenvalue weighted by molar-refractivity contribution is 0.0600. The van der Waals surface area contributed by atoms with E-state index in [1.807, 2.05) is 18.4 Å². The maximum absolute atomic E-state index is 12.4. The number of thioether (sulfide) groups is 2. The summed E-state index contributed by atoms with van der Waals surface area (Å²) in [4.78, 5) is 28.1. The van der Waals surface area contributed by atoms with Gasteiger partial charge in [0, 0.05) is 11.9 Å². The molecule has 7 nitrogen and oxygen atoms in total. The summed E-state index contributed by atoms with van der Waals surface area (Å²) in [5, 5.41) is 12.0. The van der Waals surface area contributed by atoms with E-state index in [0.29, 0.717) is 27.0 Å². The molecular formula is C18H16N4O3S3. The molecule has 0 aliphatic rings. The first-order chi connectivity index (χ1) is 13.6. The van der Waals surface area contributed by atoms with E-state index in [0.717, 1.165) is 9.90 Å². The zero-order valence-corrected chi connectivity index (χ0v) is 17.5. The van der Waals surface area contributed by atoms with E-state index in [1.165, 1.54) is 42.0 Å². The summed E-state index contributed by atoms with van der Waals surface area (Å²) in [6.45, 7) is 0. The van der Waals surface area contributed by atoms with Crippen LogP contribution < -0.4 is 5.32 Å². The standard InChI is InChI=1S/C18H16N4O3S3/c1-25-16(24)12-7-5-11(6-8-12)10-27-18-22-21-17(28-18)20-14(23)13-4-3-9-19-15(13)26-2/h3-9H,10H2,1-2H3,(H,20,21,23). The summed E-state index contributed by atoms with van der Waals surface area (Å²) in [5.41, 5.74) is 2.06. The lowest BCUT2D eigenvalue weighted by Crippen LogP contribution is -2.13. The third-order valence-corrected chi connectivity index (χ3v) is 6.33. The quantitative estimate of drug-likeness (QED) is 0.340. The second-order valence-electron chi connectivity index (χ2n) is 5.36. The van der Waals surface area contributed by atoms with Gasteiger partial charge in [-0.25, -0.2) is 9.78 Å². The van der Waals surface area contributed by atoms with Crippen LogP contribution in [0.1, 0.15) is 26.3 Å². The lowest BCUT2D eigenvalue weighted by Gasteiger charge is -2.04. The van der Waals surface area contributed by atoms with Crippen LogP contribution in [0.15, 0.2) is 52.0 Å². The van der Waals surface area contributed by atoms with Gasteiger partial charge in [0.15, 0.2) is 4.34 Å². The van der Waals surface area contributed by atoms with Crippen LogP contribution in [0.5, 0.6) is 0 Å². The monoisotopic (exact) mass is 432 g/mol. The number of hydrogen-bond donors (Lipinski definition) is 1. The fourth-order valence-electron chi connectivity index (χ4n) is 2.21. The number of hydrogen-bond acceptors (Lipinski definition) is 9. The van der Waals surface area contributed by atoms with Gasteiger partial charge in [0.05, 0.1) is 18.2 Å². The summed E-state index contributed by atoms with van der Waals surface area (Å²) >= 11 is 4.23. The summed E-state index contributed by atoms with van der Waals surface area (Å²) in [5.74, 6) is 0.0500. The molecular weight excluding hydrogens is 416 g/mol. The summed E-state index contributed by atoms with van der Waals surface area (Å²) in [7, 11) is 1.36. The number of carbonyl (C=O) groups is 2. The molecule has 1 aromatic carbocycles. The second-order valence-corrected chi connectivity index (χ2v) is 8.36. The number of nitrogens with one attached hydrogen (secondary N) is 1. The Balaban J connectivity index is 1.58. The summed E-state index contributed by atoms with van der Waals surface area (Å²) in [6.07, 6.45) is 3.52. The highest BCUT2D eigenvalue weighted by molar-refractivity contribution is 8.00. The van der Waals surface area contributed by atoms with E-state index >= 15 is 0 Å². The number of anilines is 1. The zero-order valence-electron chi connectivity index (χ0n) is 15.0. The maximum Gasteiger partial charge on any atom is 0.337 e. The molecule has 0 aliphatic carbocycles. The van der Waals surface area contributed by atoms with Gasteiger partial charge in [-0.1, -0.05) is 35.2 Å². The van der Waals surface area contributed by atoms with Crippen molar-refractivity contribution >= 4 is 51.9 Å². The van der Waals surface area contributed by atoms with Crippen molar-refractivity contribution in [3.8, 4) is 0 Å². The molecule has 0 aliphatic heterocycles. The number of nitrogens with zero attached hydrogens (tertiary/aromatic N) is 3. The van der Waals surface area contributed by atoms with Gasteiger partial charge in [-0.15, -0.1) is 22.0 Å². The maximum atomic E-state index is 12.4. The van der Waals surface area contributed by atoms with Gasteiger partial charge in [0.1, 0.15) is 5.03 Å². The molecule has 0 unspecified atom stereocenters. The van der Waals surface area contributed by atoms with Gasteiger partial charge in [-0.3, -0.25) is 10.1 Å². The highest BCUT2D eigenvalue weighted by Gasteiger charge is 2.14. The molecule has 0 bridgehead atoms. The van der Waals surface area contributed by atoms with Crippen molar-refractivity contribution in [2.24, 2.45) is 0 Å². The number of pyridine rings is 1. The molecule has 2 aromatic heterocycles. The number of methoxy groups -OCH3 is 1. The first kappa shape index (κ1) is 20.3. The molecule has 10 heteroatoms. The number of ether oxygens (including phenoxy) is 1. The van der Waals surface area contributed by atoms with Crippen LogP contribution in [-0.2, 0) is 10.5 Å². The van der Waals surface area contributed by atoms with Crippen LogP contribution >= 0.6 is 34.9 Å². The van der Waals surface area contributed by atoms with E-state index in [4.69, 9.17) is 0 Å². The second kappa shape index (κ2) is 9.67. The molecule has 1 amide bonds. The molecule has 0 saturated heterocycles. The van der Waals surface area contributed by atoms with E-state index in [2.05, 4.69) is 25.2 Å². The smallest absolute Gasteiger partial charge is 0.337 e. The first-order valence-electron chi connectivity index (χ1n) is 8.04.